The second-order valence-corrected chi connectivity index (χ2v) is 7.89. The van der Waals surface area contributed by atoms with Gasteiger partial charge in [0.05, 0.1) is 24.5 Å². The maximum atomic E-state index is 13.5. The number of methoxy groups -OCH3 is 1. The van der Waals surface area contributed by atoms with Crippen molar-refractivity contribution >= 4 is 29.1 Å². The lowest BCUT2D eigenvalue weighted by Crippen LogP contribution is -2.50. The van der Waals surface area contributed by atoms with E-state index in [1.807, 2.05) is 12.1 Å². The van der Waals surface area contributed by atoms with Gasteiger partial charge in [0.25, 0.3) is 5.91 Å². The number of nitrogens with one attached hydrogen (secondary N) is 2. The Morgan fingerprint density at radius 2 is 1.74 bits per heavy atom. The molecule has 0 atom stereocenters. The van der Waals surface area contributed by atoms with Gasteiger partial charge in [0.1, 0.15) is 5.82 Å². The maximum absolute atomic E-state index is 13.5. The summed E-state index contributed by atoms with van der Waals surface area (Å²) in [6.45, 7) is 1.53. The molecular weight excluding hydrogens is 437 g/mol. The molecule has 4 rings (SSSR count). The van der Waals surface area contributed by atoms with E-state index in [1.165, 1.54) is 36.4 Å². The maximum Gasteiger partial charge on any atom is 0.428 e. The quantitative estimate of drug-likeness (QED) is 0.522. The zero-order valence-electron chi connectivity index (χ0n) is 18.8. The summed E-state index contributed by atoms with van der Waals surface area (Å²) < 4.78 is 18.6. The van der Waals surface area contributed by atoms with Crippen molar-refractivity contribution in [3.63, 3.8) is 0 Å². The molecule has 0 radical (unpaired) electrons. The third-order valence-corrected chi connectivity index (χ3v) is 5.73. The summed E-state index contributed by atoms with van der Waals surface area (Å²) in [7, 11) is 1.33. The Kier molecular flexibility index (Phi) is 7.22. The van der Waals surface area contributed by atoms with Crippen LogP contribution >= 0.6 is 0 Å². The highest BCUT2D eigenvalue weighted by molar-refractivity contribution is 6.05. The molecule has 2 amide bonds. The molecule has 0 saturated carbocycles. The molecule has 9 heteroatoms. The molecule has 1 aliphatic heterocycles. The van der Waals surface area contributed by atoms with Gasteiger partial charge in [-0.05, 0) is 55.3 Å². The predicted molar refractivity (Wildman–Crippen MR) is 128 cm³/mol. The SMILES string of the molecule is COC(=O)N(Nc1ccccc1NC(=O)c1cccc(F)c1)C1CCN(c2ccncc2)CC1. The van der Waals surface area contributed by atoms with E-state index in [4.69, 9.17) is 4.74 Å². The van der Waals surface area contributed by atoms with E-state index in [-0.39, 0.29) is 11.6 Å². The average molecular weight is 464 g/mol. The molecule has 1 aromatic heterocycles. The molecule has 34 heavy (non-hydrogen) atoms. The van der Waals surface area contributed by atoms with Crippen LogP contribution in [0.4, 0.5) is 26.2 Å². The molecule has 176 valence electrons. The number of amides is 2. The van der Waals surface area contributed by atoms with E-state index in [0.29, 0.717) is 11.4 Å². The lowest BCUT2D eigenvalue weighted by Gasteiger charge is -2.39. The van der Waals surface area contributed by atoms with Gasteiger partial charge >= 0.3 is 6.09 Å². The first-order valence-corrected chi connectivity index (χ1v) is 11.0. The minimum absolute atomic E-state index is 0.113. The number of hydrogen-bond acceptors (Lipinski definition) is 6. The first kappa shape index (κ1) is 23.0. The number of halogens is 1. The van der Waals surface area contributed by atoms with Crippen molar-refractivity contribution in [2.75, 3.05) is 35.8 Å². The van der Waals surface area contributed by atoms with Crippen LogP contribution in [0.5, 0.6) is 0 Å². The number of para-hydroxylation sites is 2. The summed E-state index contributed by atoms with van der Waals surface area (Å²) in [5.74, 6) is -0.946. The summed E-state index contributed by atoms with van der Waals surface area (Å²) in [6.07, 6.45) is 4.45. The Morgan fingerprint density at radius 1 is 1.03 bits per heavy atom. The minimum Gasteiger partial charge on any atom is -0.452 e. The highest BCUT2D eigenvalue weighted by Crippen LogP contribution is 2.27. The topological polar surface area (TPSA) is 86.8 Å². The Balaban J connectivity index is 1.48. The van der Waals surface area contributed by atoms with E-state index < -0.39 is 17.8 Å². The molecule has 1 aliphatic rings. The lowest BCUT2D eigenvalue weighted by molar-refractivity contribution is 0.102. The van der Waals surface area contributed by atoms with Gasteiger partial charge in [-0.3, -0.25) is 15.2 Å². The molecular formula is C25H26FN5O3. The zero-order chi connectivity index (χ0) is 23.9. The fourth-order valence-electron chi connectivity index (χ4n) is 3.97. The number of ether oxygens (including phenoxy) is 1. The smallest absolute Gasteiger partial charge is 0.428 e. The Labute approximate surface area is 197 Å². The molecule has 1 saturated heterocycles. The summed E-state index contributed by atoms with van der Waals surface area (Å²) in [5, 5.41) is 4.26. The first-order chi connectivity index (χ1) is 16.5. The number of nitrogens with zero attached hydrogens (tertiary/aromatic N) is 3. The second-order valence-electron chi connectivity index (χ2n) is 7.89. The number of carbonyl (C=O) groups is 2. The molecule has 1 fully saturated rings. The van der Waals surface area contributed by atoms with Crippen LogP contribution in [-0.2, 0) is 4.74 Å². The summed E-state index contributed by atoms with van der Waals surface area (Å²) in [5.41, 5.74) is 5.40. The van der Waals surface area contributed by atoms with Crippen LogP contribution in [0.1, 0.15) is 23.2 Å². The van der Waals surface area contributed by atoms with Crippen molar-refractivity contribution in [3.8, 4) is 0 Å². The largest absolute Gasteiger partial charge is 0.452 e. The number of benzene rings is 2. The van der Waals surface area contributed by atoms with E-state index in [0.717, 1.165) is 31.6 Å². The highest BCUT2D eigenvalue weighted by atomic mass is 19.1. The van der Waals surface area contributed by atoms with Crippen LogP contribution < -0.4 is 15.6 Å². The molecule has 0 spiro atoms. The number of hydrogen-bond donors (Lipinski definition) is 2. The number of carbonyl (C=O) groups excluding carboxylic acids is 2. The lowest BCUT2D eigenvalue weighted by atomic mass is 10.0. The van der Waals surface area contributed by atoms with Gasteiger partial charge < -0.3 is 15.0 Å². The molecule has 3 aromatic rings. The number of pyridine rings is 1. The van der Waals surface area contributed by atoms with Crippen LogP contribution in [0.2, 0.25) is 0 Å². The number of rotatable bonds is 6. The standard InChI is InChI=1S/C25H26FN5O3/c1-34-25(33)31(21-11-15-30(16-12-21)20-9-13-27-14-10-20)29-23-8-3-2-7-22(23)28-24(32)18-5-4-6-19(26)17-18/h2-10,13-14,17,21,29H,11-12,15-16H2,1H3,(H,28,32). The van der Waals surface area contributed by atoms with Crippen molar-refractivity contribution in [1.82, 2.24) is 9.99 Å². The average Bonchev–Trinajstić information content (AvgIpc) is 2.88. The monoisotopic (exact) mass is 463 g/mol. The predicted octanol–water partition coefficient (Wildman–Crippen LogP) is 4.54. The minimum atomic E-state index is -0.520. The molecule has 2 N–H and O–H groups in total. The molecule has 2 aromatic carbocycles. The fourth-order valence-corrected chi connectivity index (χ4v) is 3.97. The zero-order valence-corrected chi connectivity index (χ0v) is 18.8. The van der Waals surface area contributed by atoms with Crippen molar-refractivity contribution in [2.45, 2.75) is 18.9 Å². The summed E-state index contributed by atoms with van der Waals surface area (Å²) in [6, 6.07) is 16.3. The van der Waals surface area contributed by atoms with Gasteiger partial charge in [0.15, 0.2) is 0 Å². The van der Waals surface area contributed by atoms with Crippen LogP contribution in [0, 0.1) is 5.82 Å². The van der Waals surface area contributed by atoms with E-state index >= 15 is 0 Å². The van der Waals surface area contributed by atoms with E-state index in [1.54, 1.807) is 36.7 Å². The normalized spacial score (nSPS) is 13.8. The number of anilines is 3. The molecule has 8 nitrogen and oxygen atoms in total. The molecule has 0 bridgehead atoms. The number of piperidine rings is 1. The van der Waals surface area contributed by atoms with Gasteiger partial charge in [-0.1, -0.05) is 18.2 Å². The highest BCUT2D eigenvalue weighted by Gasteiger charge is 2.29. The van der Waals surface area contributed by atoms with E-state index in [9.17, 15) is 14.0 Å². The van der Waals surface area contributed by atoms with Crippen LogP contribution in [0.15, 0.2) is 73.1 Å². The molecule has 2 heterocycles. The summed E-state index contributed by atoms with van der Waals surface area (Å²) >= 11 is 0. The molecule has 0 unspecified atom stereocenters. The third-order valence-electron chi connectivity index (χ3n) is 5.73. The Bertz CT molecular complexity index is 1140. The Hall–Kier alpha value is -4.14. The van der Waals surface area contributed by atoms with Gasteiger partial charge in [0.2, 0.25) is 0 Å². The van der Waals surface area contributed by atoms with Crippen molar-refractivity contribution in [1.29, 1.82) is 0 Å². The van der Waals surface area contributed by atoms with Crippen molar-refractivity contribution in [3.05, 3.63) is 84.4 Å². The number of aromatic nitrogens is 1. The van der Waals surface area contributed by atoms with Gasteiger partial charge in [-0.2, -0.15) is 0 Å². The van der Waals surface area contributed by atoms with Gasteiger partial charge in [-0.15, -0.1) is 0 Å². The first-order valence-electron chi connectivity index (χ1n) is 11.0. The summed E-state index contributed by atoms with van der Waals surface area (Å²) in [4.78, 5) is 31.6. The van der Waals surface area contributed by atoms with Crippen molar-refractivity contribution < 1.29 is 18.7 Å². The van der Waals surface area contributed by atoms with Crippen LogP contribution in [0.3, 0.4) is 0 Å². The van der Waals surface area contributed by atoms with Crippen LogP contribution in [0.25, 0.3) is 0 Å². The van der Waals surface area contributed by atoms with E-state index in [2.05, 4.69) is 20.6 Å². The fraction of sp³-hybridized carbons (Fsp3) is 0.240. The second kappa shape index (κ2) is 10.7. The third kappa shape index (κ3) is 5.43. The van der Waals surface area contributed by atoms with Crippen LogP contribution in [-0.4, -0.2) is 48.2 Å². The van der Waals surface area contributed by atoms with Gasteiger partial charge in [0, 0.05) is 36.7 Å². The Morgan fingerprint density at radius 3 is 2.41 bits per heavy atom. The molecule has 0 aliphatic carbocycles. The van der Waals surface area contributed by atoms with Gasteiger partial charge in [-0.25, -0.2) is 14.2 Å². The number of hydrazine groups is 1. The van der Waals surface area contributed by atoms with Crippen molar-refractivity contribution in [2.24, 2.45) is 0 Å².